The van der Waals surface area contributed by atoms with E-state index in [-0.39, 0.29) is 17.9 Å². The molecule has 1 amide bonds. The third-order valence-corrected chi connectivity index (χ3v) is 4.51. The zero-order chi connectivity index (χ0) is 23.2. The Kier molecular flexibility index (Phi) is 8.43. The molecule has 7 nitrogen and oxygen atoms in total. The number of carbonyl (C=O) groups is 2. The van der Waals surface area contributed by atoms with Gasteiger partial charge in [-0.2, -0.15) is 0 Å². The van der Waals surface area contributed by atoms with Gasteiger partial charge in [-0.05, 0) is 42.8 Å². The molecule has 2 aromatic rings. The third kappa shape index (κ3) is 7.53. The summed E-state index contributed by atoms with van der Waals surface area (Å²) in [4.78, 5) is 23.9. The second kappa shape index (κ2) is 10.6. The van der Waals surface area contributed by atoms with Crippen molar-refractivity contribution in [3.63, 3.8) is 0 Å². The Hall–Kier alpha value is -2.63. The maximum absolute atomic E-state index is 12.6. The van der Waals surface area contributed by atoms with Gasteiger partial charge in [0.2, 0.25) is 0 Å². The van der Waals surface area contributed by atoms with E-state index in [0.717, 1.165) is 6.07 Å². The van der Waals surface area contributed by atoms with E-state index in [4.69, 9.17) is 9.84 Å². The first-order chi connectivity index (χ1) is 14.5. The Morgan fingerprint density at radius 3 is 2.32 bits per heavy atom. The number of halogens is 4. The Morgan fingerprint density at radius 2 is 1.77 bits per heavy atom. The van der Waals surface area contributed by atoms with Crippen LogP contribution >= 0.6 is 15.9 Å². The minimum absolute atomic E-state index is 0.100. The van der Waals surface area contributed by atoms with Crippen molar-refractivity contribution < 1.29 is 42.4 Å². The molecule has 0 saturated heterocycles. The number of benzene rings is 2. The Balaban J connectivity index is 2.05. The third-order valence-electron chi connectivity index (χ3n) is 4.01. The summed E-state index contributed by atoms with van der Waals surface area (Å²) < 4.78 is 47.5. The Morgan fingerprint density at radius 1 is 1.13 bits per heavy atom. The number of aliphatic hydroxyl groups is 2. The first-order valence-corrected chi connectivity index (χ1v) is 9.69. The van der Waals surface area contributed by atoms with E-state index in [1.165, 1.54) is 43.3 Å². The summed E-state index contributed by atoms with van der Waals surface area (Å²) in [6, 6.07) is 8.57. The first kappa shape index (κ1) is 24.6. The number of ketones is 1. The van der Waals surface area contributed by atoms with Crippen molar-refractivity contribution in [2.75, 3.05) is 6.61 Å². The maximum atomic E-state index is 12.6. The lowest BCUT2D eigenvalue weighted by molar-refractivity contribution is -0.275. The summed E-state index contributed by atoms with van der Waals surface area (Å²) in [5.41, 5.74) is 0.723. The highest BCUT2D eigenvalue weighted by Crippen LogP contribution is 2.35. The average molecular weight is 506 g/mol. The van der Waals surface area contributed by atoms with E-state index in [1.54, 1.807) is 0 Å². The number of alkyl halides is 3. The van der Waals surface area contributed by atoms with E-state index in [9.17, 15) is 27.9 Å². The number of hydrogen-bond donors (Lipinski definition) is 3. The summed E-state index contributed by atoms with van der Waals surface area (Å²) >= 11 is 3.07. The molecule has 3 N–H and O–H groups in total. The molecule has 0 aromatic heterocycles. The number of nitrogens with one attached hydrogen (secondary N) is 1. The summed E-state index contributed by atoms with van der Waals surface area (Å²) in [6.07, 6.45) is -6.08. The summed E-state index contributed by atoms with van der Waals surface area (Å²) in [5.74, 6) is -2.01. The van der Waals surface area contributed by atoms with Crippen LogP contribution in [0.15, 0.2) is 46.9 Å². The standard InChI is InChI=1S/C20H19BrF3NO6/c1-11(27)18(15(28)9-26)25-19(29)13-4-2-12(3-5-13)10-30-16-7-6-14(21)8-17(16)31-20(22,23)24/h2-8,11,18,26-27H,9-10H2,1H3,(H,25,29)/t11-,18+/m1/s1. The summed E-state index contributed by atoms with van der Waals surface area (Å²) in [5, 5.41) is 20.9. The number of hydrogen-bond acceptors (Lipinski definition) is 6. The van der Waals surface area contributed by atoms with Crippen LogP contribution in [0.25, 0.3) is 0 Å². The zero-order valence-corrected chi connectivity index (χ0v) is 17.7. The maximum Gasteiger partial charge on any atom is 0.573 e. The fraction of sp³-hybridized carbons (Fsp3) is 0.300. The van der Waals surface area contributed by atoms with Gasteiger partial charge in [0.25, 0.3) is 5.91 Å². The molecule has 0 aliphatic heterocycles. The fourth-order valence-corrected chi connectivity index (χ4v) is 2.85. The Labute approximate surface area is 183 Å². The van der Waals surface area contributed by atoms with Crippen LogP contribution in [0.3, 0.4) is 0 Å². The molecule has 0 radical (unpaired) electrons. The van der Waals surface area contributed by atoms with Crippen LogP contribution in [0.4, 0.5) is 13.2 Å². The highest BCUT2D eigenvalue weighted by molar-refractivity contribution is 9.10. The monoisotopic (exact) mass is 505 g/mol. The molecule has 0 unspecified atom stereocenters. The molecule has 0 heterocycles. The number of carbonyl (C=O) groups excluding carboxylic acids is 2. The number of ether oxygens (including phenoxy) is 2. The molecule has 0 aliphatic carbocycles. The molecule has 31 heavy (non-hydrogen) atoms. The van der Waals surface area contributed by atoms with Gasteiger partial charge in [-0.3, -0.25) is 9.59 Å². The van der Waals surface area contributed by atoms with Crippen LogP contribution in [0, 0.1) is 0 Å². The van der Waals surface area contributed by atoms with Gasteiger partial charge in [-0.25, -0.2) is 0 Å². The molecular weight excluding hydrogens is 487 g/mol. The van der Waals surface area contributed by atoms with E-state index in [0.29, 0.717) is 10.0 Å². The van der Waals surface area contributed by atoms with E-state index < -0.39 is 42.6 Å². The van der Waals surface area contributed by atoms with Crippen molar-refractivity contribution in [2.24, 2.45) is 0 Å². The van der Waals surface area contributed by atoms with Gasteiger partial charge < -0.3 is 25.0 Å². The van der Waals surface area contributed by atoms with Gasteiger partial charge in [-0.15, -0.1) is 13.2 Å². The normalized spacial score (nSPS) is 13.3. The molecule has 2 atom stereocenters. The number of amides is 1. The lowest BCUT2D eigenvalue weighted by Crippen LogP contribution is -2.48. The molecule has 168 valence electrons. The van der Waals surface area contributed by atoms with Crippen molar-refractivity contribution in [3.8, 4) is 11.5 Å². The topological polar surface area (TPSA) is 105 Å². The molecule has 0 aliphatic rings. The molecule has 0 fully saturated rings. The summed E-state index contributed by atoms with van der Waals surface area (Å²) in [7, 11) is 0. The highest BCUT2D eigenvalue weighted by Gasteiger charge is 2.32. The van der Waals surface area contributed by atoms with E-state index >= 15 is 0 Å². The molecule has 0 saturated carbocycles. The first-order valence-electron chi connectivity index (χ1n) is 8.89. The van der Waals surface area contributed by atoms with Gasteiger partial charge in [-0.1, -0.05) is 28.1 Å². The van der Waals surface area contributed by atoms with Crippen molar-refractivity contribution in [2.45, 2.75) is 32.0 Å². The molecule has 2 aromatic carbocycles. The van der Waals surface area contributed by atoms with Crippen LogP contribution < -0.4 is 14.8 Å². The zero-order valence-electron chi connectivity index (χ0n) is 16.1. The number of Topliss-reactive ketones (excluding diaryl/α,β-unsaturated/α-hetero) is 1. The molecule has 0 bridgehead atoms. The van der Waals surface area contributed by atoms with Gasteiger partial charge in [0, 0.05) is 10.0 Å². The molecule has 11 heteroatoms. The lowest BCUT2D eigenvalue weighted by Gasteiger charge is -2.19. The molecule has 0 spiro atoms. The average Bonchev–Trinajstić information content (AvgIpc) is 2.69. The second-order valence-corrected chi connectivity index (χ2v) is 7.36. The van der Waals surface area contributed by atoms with Crippen LogP contribution in [0.1, 0.15) is 22.8 Å². The van der Waals surface area contributed by atoms with E-state index in [1.807, 2.05) is 0 Å². The quantitative estimate of drug-likeness (QED) is 0.483. The minimum atomic E-state index is -4.88. The Bertz CT molecular complexity index is 918. The van der Waals surface area contributed by atoms with Crippen molar-refractivity contribution in [1.29, 1.82) is 0 Å². The predicted molar refractivity (Wildman–Crippen MR) is 107 cm³/mol. The molecule has 2 rings (SSSR count). The second-order valence-electron chi connectivity index (χ2n) is 6.44. The number of aliphatic hydroxyl groups excluding tert-OH is 2. The van der Waals surface area contributed by atoms with Crippen LogP contribution in [-0.4, -0.2) is 47.0 Å². The largest absolute Gasteiger partial charge is 0.573 e. The van der Waals surface area contributed by atoms with Gasteiger partial charge >= 0.3 is 6.36 Å². The fourth-order valence-electron chi connectivity index (χ4n) is 2.51. The molecular formula is C20H19BrF3NO6. The SMILES string of the molecule is C[C@@H](O)[C@H](NC(=O)c1ccc(COc2ccc(Br)cc2OC(F)(F)F)cc1)C(=O)CO. The summed E-state index contributed by atoms with van der Waals surface area (Å²) in [6.45, 7) is 0.372. The van der Waals surface area contributed by atoms with Gasteiger partial charge in [0.1, 0.15) is 19.3 Å². The van der Waals surface area contributed by atoms with Crippen LogP contribution in [-0.2, 0) is 11.4 Å². The van der Waals surface area contributed by atoms with Gasteiger partial charge in [0.05, 0.1) is 6.10 Å². The highest BCUT2D eigenvalue weighted by atomic mass is 79.9. The predicted octanol–water partition coefficient (Wildman–Crippen LogP) is 2.97. The van der Waals surface area contributed by atoms with Crippen LogP contribution in [0.2, 0.25) is 0 Å². The van der Waals surface area contributed by atoms with Gasteiger partial charge in [0.15, 0.2) is 17.3 Å². The van der Waals surface area contributed by atoms with E-state index in [2.05, 4.69) is 26.0 Å². The minimum Gasteiger partial charge on any atom is -0.485 e. The van der Waals surface area contributed by atoms with Crippen LogP contribution in [0.5, 0.6) is 11.5 Å². The van der Waals surface area contributed by atoms with Crippen molar-refractivity contribution >= 4 is 27.6 Å². The van der Waals surface area contributed by atoms with Crippen molar-refractivity contribution in [1.82, 2.24) is 5.32 Å². The number of rotatable bonds is 9. The van der Waals surface area contributed by atoms with Crippen molar-refractivity contribution in [3.05, 3.63) is 58.1 Å². The smallest absolute Gasteiger partial charge is 0.485 e. The lowest BCUT2D eigenvalue weighted by atomic mass is 10.1.